The maximum absolute atomic E-state index is 5.91. The standard InChI is InChI=1S/C17H27N3O/c1-4-18-11-13-6-7-15-14(10-13)12(2)19-16(20-15)17(3)8-5-9-21-17/h13,18H,4-11H2,1-3H3. The summed E-state index contributed by atoms with van der Waals surface area (Å²) in [5, 5.41) is 3.47. The fraction of sp³-hybridized carbons (Fsp3) is 0.765. The Morgan fingerprint density at radius 2 is 2.24 bits per heavy atom. The fourth-order valence-corrected chi connectivity index (χ4v) is 3.57. The molecule has 3 rings (SSSR count). The molecule has 0 aromatic carbocycles. The molecule has 1 fully saturated rings. The molecule has 2 atom stereocenters. The molecule has 0 spiro atoms. The van der Waals surface area contributed by atoms with E-state index in [0.29, 0.717) is 0 Å². The molecule has 1 aromatic heterocycles. The SMILES string of the molecule is CCNCC1CCc2nc(C3(C)CCCO3)nc(C)c2C1. The third kappa shape index (κ3) is 2.97. The lowest BCUT2D eigenvalue weighted by Crippen LogP contribution is -2.30. The van der Waals surface area contributed by atoms with Crippen molar-refractivity contribution in [2.45, 2.75) is 58.5 Å². The van der Waals surface area contributed by atoms with Gasteiger partial charge in [0.15, 0.2) is 5.82 Å². The summed E-state index contributed by atoms with van der Waals surface area (Å²) in [4.78, 5) is 9.68. The maximum Gasteiger partial charge on any atom is 0.160 e. The van der Waals surface area contributed by atoms with E-state index in [9.17, 15) is 0 Å². The number of aryl methyl sites for hydroxylation is 2. The van der Waals surface area contributed by atoms with Crippen molar-refractivity contribution in [1.29, 1.82) is 0 Å². The lowest BCUT2D eigenvalue weighted by Gasteiger charge is -2.28. The monoisotopic (exact) mass is 289 g/mol. The molecule has 0 saturated carbocycles. The predicted molar refractivity (Wildman–Crippen MR) is 83.4 cm³/mol. The van der Waals surface area contributed by atoms with Crippen molar-refractivity contribution < 1.29 is 4.74 Å². The summed E-state index contributed by atoms with van der Waals surface area (Å²) in [6.07, 6.45) is 5.58. The van der Waals surface area contributed by atoms with Gasteiger partial charge in [0.2, 0.25) is 0 Å². The number of fused-ring (bicyclic) bond motifs is 1. The summed E-state index contributed by atoms with van der Waals surface area (Å²) >= 11 is 0. The van der Waals surface area contributed by atoms with Crippen LogP contribution in [0.3, 0.4) is 0 Å². The third-order valence-corrected chi connectivity index (χ3v) is 4.96. The molecular formula is C17H27N3O. The Balaban J connectivity index is 1.83. The highest BCUT2D eigenvalue weighted by molar-refractivity contribution is 5.29. The van der Waals surface area contributed by atoms with Crippen molar-refractivity contribution in [2.75, 3.05) is 19.7 Å². The molecule has 21 heavy (non-hydrogen) atoms. The summed E-state index contributed by atoms with van der Waals surface area (Å²) < 4.78 is 5.91. The van der Waals surface area contributed by atoms with Crippen LogP contribution in [0.4, 0.5) is 0 Å². The summed E-state index contributed by atoms with van der Waals surface area (Å²) in [5.74, 6) is 1.63. The van der Waals surface area contributed by atoms with E-state index >= 15 is 0 Å². The van der Waals surface area contributed by atoms with Crippen LogP contribution in [0.1, 0.15) is 55.9 Å². The Bertz CT molecular complexity index is 509. The van der Waals surface area contributed by atoms with Crippen molar-refractivity contribution in [2.24, 2.45) is 5.92 Å². The molecule has 4 heteroatoms. The molecule has 0 bridgehead atoms. The Labute approximate surface area is 127 Å². The molecule has 0 radical (unpaired) electrons. The van der Waals surface area contributed by atoms with E-state index < -0.39 is 0 Å². The highest BCUT2D eigenvalue weighted by Gasteiger charge is 2.36. The highest BCUT2D eigenvalue weighted by atomic mass is 16.5. The molecular weight excluding hydrogens is 262 g/mol. The van der Waals surface area contributed by atoms with Gasteiger partial charge < -0.3 is 10.1 Å². The molecule has 2 heterocycles. The van der Waals surface area contributed by atoms with Gasteiger partial charge in [0.25, 0.3) is 0 Å². The molecule has 1 aliphatic carbocycles. The van der Waals surface area contributed by atoms with Crippen LogP contribution in [0, 0.1) is 12.8 Å². The van der Waals surface area contributed by atoms with E-state index in [1.807, 2.05) is 0 Å². The fourth-order valence-electron chi connectivity index (χ4n) is 3.57. The number of rotatable bonds is 4. The molecule has 2 unspecified atom stereocenters. The number of nitrogens with one attached hydrogen (secondary N) is 1. The molecule has 1 saturated heterocycles. The number of hydrogen-bond acceptors (Lipinski definition) is 4. The number of hydrogen-bond donors (Lipinski definition) is 1. The molecule has 1 aliphatic heterocycles. The second-order valence-corrected chi connectivity index (χ2v) is 6.66. The highest BCUT2D eigenvalue weighted by Crippen LogP contribution is 2.35. The van der Waals surface area contributed by atoms with Gasteiger partial charge in [-0.15, -0.1) is 0 Å². The van der Waals surface area contributed by atoms with Crippen molar-refractivity contribution >= 4 is 0 Å². The van der Waals surface area contributed by atoms with Gasteiger partial charge in [0.1, 0.15) is 5.60 Å². The average Bonchev–Trinajstić information content (AvgIpc) is 2.93. The van der Waals surface area contributed by atoms with Crippen LogP contribution in [-0.2, 0) is 23.2 Å². The Morgan fingerprint density at radius 3 is 2.95 bits per heavy atom. The van der Waals surface area contributed by atoms with Crippen LogP contribution in [-0.4, -0.2) is 29.7 Å². The van der Waals surface area contributed by atoms with Gasteiger partial charge in [-0.05, 0) is 70.5 Å². The zero-order valence-electron chi connectivity index (χ0n) is 13.5. The Morgan fingerprint density at radius 1 is 1.38 bits per heavy atom. The first kappa shape index (κ1) is 14.9. The van der Waals surface area contributed by atoms with E-state index in [2.05, 4.69) is 26.1 Å². The lowest BCUT2D eigenvalue weighted by molar-refractivity contribution is 0.00890. The largest absolute Gasteiger partial charge is 0.367 e. The number of ether oxygens (including phenoxy) is 1. The second kappa shape index (κ2) is 6.01. The molecule has 1 N–H and O–H groups in total. The topological polar surface area (TPSA) is 47.0 Å². The van der Waals surface area contributed by atoms with Crippen LogP contribution in [0.2, 0.25) is 0 Å². The van der Waals surface area contributed by atoms with E-state index in [-0.39, 0.29) is 5.60 Å². The van der Waals surface area contributed by atoms with Crippen LogP contribution in [0.5, 0.6) is 0 Å². The summed E-state index contributed by atoms with van der Waals surface area (Å²) in [6, 6.07) is 0. The van der Waals surface area contributed by atoms with Gasteiger partial charge in [0.05, 0.1) is 0 Å². The molecule has 1 aromatic rings. The first-order valence-corrected chi connectivity index (χ1v) is 8.34. The summed E-state index contributed by atoms with van der Waals surface area (Å²) in [6.45, 7) is 9.43. The second-order valence-electron chi connectivity index (χ2n) is 6.66. The van der Waals surface area contributed by atoms with Gasteiger partial charge in [-0.2, -0.15) is 0 Å². The zero-order chi connectivity index (χ0) is 14.9. The van der Waals surface area contributed by atoms with Crippen molar-refractivity contribution in [3.8, 4) is 0 Å². The zero-order valence-corrected chi connectivity index (χ0v) is 13.5. The van der Waals surface area contributed by atoms with Crippen LogP contribution in [0.15, 0.2) is 0 Å². The Hall–Kier alpha value is -1.00. The van der Waals surface area contributed by atoms with Crippen molar-refractivity contribution in [1.82, 2.24) is 15.3 Å². The van der Waals surface area contributed by atoms with E-state index in [1.54, 1.807) is 0 Å². The van der Waals surface area contributed by atoms with Crippen LogP contribution >= 0.6 is 0 Å². The minimum absolute atomic E-state index is 0.263. The van der Waals surface area contributed by atoms with Crippen LogP contribution in [0.25, 0.3) is 0 Å². The van der Waals surface area contributed by atoms with Gasteiger partial charge in [-0.25, -0.2) is 9.97 Å². The molecule has 0 amide bonds. The predicted octanol–water partition coefficient (Wildman–Crippen LogP) is 2.53. The molecule has 116 valence electrons. The smallest absolute Gasteiger partial charge is 0.160 e. The van der Waals surface area contributed by atoms with Crippen molar-refractivity contribution in [3.05, 3.63) is 22.8 Å². The molecule has 4 nitrogen and oxygen atoms in total. The van der Waals surface area contributed by atoms with E-state index in [1.165, 1.54) is 17.7 Å². The lowest BCUT2D eigenvalue weighted by atomic mass is 9.85. The number of aromatic nitrogens is 2. The van der Waals surface area contributed by atoms with Crippen molar-refractivity contribution in [3.63, 3.8) is 0 Å². The minimum Gasteiger partial charge on any atom is -0.367 e. The quantitative estimate of drug-likeness (QED) is 0.925. The normalized spacial score (nSPS) is 28.6. The Kier molecular flexibility index (Phi) is 4.27. The van der Waals surface area contributed by atoms with Gasteiger partial charge >= 0.3 is 0 Å². The average molecular weight is 289 g/mol. The summed E-state index contributed by atoms with van der Waals surface area (Å²) in [5.41, 5.74) is 3.55. The first-order chi connectivity index (χ1) is 10.1. The minimum atomic E-state index is -0.263. The van der Waals surface area contributed by atoms with Gasteiger partial charge in [0, 0.05) is 18.0 Å². The van der Waals surface area contributed by atoms with Gasteiger partial charge in [-0.1, -0.05) is 6.92 Å². The van der Waals surface area contributed by atoms with Crippen LogP contribution < -0.4 is 5.32 Å². The van der Waals surface area contributed by atoms with E-state index in [0.717, 1.165) is 62.8 Å². The number of nitrogens with zero attached hydrogens (tertiary/aromatic N) is 2. The van der Waals surface area contributed by atoms with Gasteiger partial charge in [-0.3, -0.25) is 0 Å². The van der Waals surface area contributed by atoms with E-state index in [4.69, 9.17) is 14.7 Å². The first-order valence-electron chi connectivity index (χ1n) is 8.34. The maximum atomic E-state index is 5.91. The third-order valence-electron chi connectivity index (χ3n) is 4.96. The summed E-state index contributed by atoms with van der Waals surface area (Å²) in [7, 11) is 0. The molecule has 2 aliphatic rings.